The van der Waals surface area contributed by atoms with Crippen LogP contribution in [0, 0.1) is 11.2 Å². The zero-order valence-corrected chi connectivity index (χ0v) is 14.2. The number of sulfonamides is 1. The number of benzene rings is 2. The lowest BCUT2D eigenvalue weighted by Crippen LogP contribution is -2.24. The molecule has 0 atom stereocenters. The maximum absolute atomic E-state index is 13.5. The van der Waals surface area contributed by atoms with Gasteiger partial charge in [-0.25, -0.2) is 17.5 Å². The van der Waals surface area contributed by atoms with Crippen molar-refractivity contribution in [2.75, 3.05) is 0 Å². The number of hydrogen-bond acceptors (Lipinski definition) is 4. The summed E-state index contributed by atoms with van der Waals surface area (Å²) in [4.78, 5) is 8.60. The Bertz CT molecular complexity index is 865. The van der Waals surface area contributed by atoms with Gasteiger partial charge in [-0.05, 0) is 23.8 Å². The molecule has 2 rings (SSSR count). The Morgan fingerprint density at radius 3 is 2.40 bits per heavy atom. The number of carboxylic acids is 1. The Hall–Kier alpha value is -2.78. The summed E-state index contributed by atoms with van der Waals surface area (Å²) >= 11 is 0. The molecule has 0 radical (unpaired) electrons. The summed E-state index contributed by atoms with van der Waals surface area (Å²) in [5.41, 5.74) is 6.50. The van der Waals surface area contributed by atoms with E-state index in [2.05, 4.69) is 4.72 Å². The van der Waals surface area contributed by atoms with Crippen molar-refractivity contribution in [3.05, 3.63) is 65.5 Å². The van der Waals surface area contributed by atoms with E-state index >= 15 is 0 Å². The summed E-state index contributed by atoms with van der Waals surface area (Å²) < 4.78 is 39.9. The molecule has 0 amide bonds. The molecule has 7 nitrogen and oxygen atoms in total. The first-order valence-electron chi connectivity index (χ1n) is 7.00. The Morgan fingerprint density at radius 2 is 1.84 bits per heavy atom. The highest BCUT2D eigenvalue weighted by atomic mass is 32.2. The first kappa shape index (κ1) is 20.3. The summed E-state index contributed by atoms with van der Waals surface area (Å²) in [5.74, 6) is -1.74. The van der Waals surface area contributed by atoms with E-state index in [9.17, 15) is 12.8 Å². The van der Waals surface area contributed by atoms with Gasteiger partial charge in [0.05, 0.1) is 0 Å². The number of nitrogens with two attached hydrogens (primary N) is 1. The Morgan fingerprint density at radius 1 is 1.24 bits per heavy atom. The van der Waals surface area contributed by atoms with E-state index in [-0.39, 0.29) is 12.4 Å². The van der Waals surface area contributed by atoms with E-state index < -0.39 is 26.7 Å². The highest BCUT2D eigenvalue weighted by Gasteiger charge is 2.17. The van der Waals surface area contributed by atoms with E-state index in [0.717, 1.165) is 13.0 Å². The van der Waals surface area contributed by atoms with E-state index in [0.29, 0.717) is 11.1 Å². The number of halogens is 1. The van der Waals surface area contributed by atoms with Gasteiger partial charge in [-0.2, -0.15) is 0 Å². The highest BCUT2D eigenvalue weighted by Crippen LogP contribution is 2.14. The molecule has 0 bridgehead atoms. The molecule has 0 aliphatic carbocycles. The zero-order chi connectivity index (χ0) is 19.0. The quantitative estimate of drug-likeness (QED) is 0.471. The molecule has 9 heteroatoms. The number of carbonyl (C=O) groups is 1. The van der Waals surface area contributed by atoms with Crippen molar-refractivity contribution >= 4 is 21.8 Å². The molecule has 134 valence electrons. The van der Waals surface area contributed by atoms with Crippen LogP contribution in [-0.2, 0) is 21.4 Å². The minimum atomic E-state index is -3.93. The molecule has 0 saturated heterocycles. The van der Waals surface area contributed by atoms with Gasteiger partial charge in [-0.1, -0.05) is 30.3 Å². The van der Waals surface area contributed by atoms with E-state index in [1.165, 1.54) is 18.2 Å². The lowest BCUT2D eigenvalue weighted by atomic mass is 10.1. The van der Waals surface area contributed by atoms with Crippen LogP contribution in [0.1, 0.15) is 18.1 Å². The standard InChI is InChI=1S/C14H14FN3O2S.C2H4O2/c15-12-6-1-2-7-13(12)21(19,20)18-9-10-4-3-5-11(8-10)14(16)17;1-2(3)4/h1-8,18H,9H2,(H3,16,17);1H3,(H,3,4). The highest BCUT2D eigenvalue weighted by molar-refractivity contribution is 7.89. The van der Waals surface area contributed by atoms with Gasteiger partial charge in [0, 0.05) is 19.0 Å². The third-order valence-corrected chi connectivity index (χ3v) is 4.26. The molecule has 2 aromatic carbocycles. The zero-order valence-electron chi connectivity index (χ0n) is 13.4. The molecule has 0 aliphatic heterocycles. The van der Waals surface area contributed by atoms with Crippen LogP contribution in [0.3, 0.4) is 0 Å². The SMILES string of the molecule is CC(=O)O.N=C(N)c1cccc(CNS(=O)(=O)c2ccccc2F)c1. The molecule has 25 heavy (non-hydrogen) atoms. The van der Waals surface area contributed by atoms with E-state index in [1.54, 1.807) is 24.3 Å². The number of nitrogen functional groups attached to an aromatic ring is 1. The van der Waals surface area contributed by atoms with Crippen LogP contribution < -0.4 is 10.5 Å². The fourth-order valence-corrected chi connectivity index (χ4v) is 2.86. The van der Waals surface area contributed by atoms with Gasteiger partial charge in [0.2, 0.25) is 10.0 Å². The van der Waals surface area contributed by atoms with Crippen LogP contribution in [0.15, 0.2) is 53.4 Å². The molecule has 0 saturated carbocycles. The molecule has 0 fully saturated rings. The molecule has 2 aromatic rings. The van der Waals surface area contributed by atoms with Gasteiger partial charge in [-0.3, -0.25) is 10.2 Å². The second-order valence-corrected chi connectivity index (χ2v) is 6.62. The van der Waals surface area contributed by atoms with Crippen molar-refractivity contribution in [3.63, 3.8) is 0 Å². The van der Waals surface area contributed by atoms with Gasteiger partial charge < -0.3 is 10.8 Å². The summed E-state index contributed by atoms with van der Waals surface area (Å²) in [6.07, 6.45) is 0. The maximum Gasteiger partial charge on any atom is 0.300 e. The monoisotopic (exact) mass is 367 g/mol. The molecule has 0 aliphatic rings. The maximum atomic E-state index is 13.5. The number of aliphatic carboxylic acids is 1. The first-order valence-corrected chi connectivity index (χ1v) is 8.49. The molecular weight excluding hydrogens is 349 g/mol. The van der Waals surface area contributed by atoms with Gasteiger partial charge in [0.25, 0.3) is 5.97 Å². The van der Waals surface area contributed by atoms with Crippen molar-refractivity contribution < 1.29 is 22.7 Å². The number of rotatable bonds is 5. The predicted molar refractivity (Wildman–Crippen MR) is 91.2 cm³/mol. The summed E-state index contributed by atoms with van der Waals surface area (Å²) in [6.45, 7) is 1.07. The van der Waals surface area contributed by atoms with Crippen molar-refractivity contribution in [2.45, 2.75) is 18.4 Å². The van der Waals surface area contributed by atoms with Crippen molar-refractivity contribution in [1.82, 2.24) is 4.72 Å². The Kier molecular flexibility index (Phi) is 7.22. The lowest BCUT2D eigenvalue weighted by Gasteiger charge is -2.08. The Labute approximate surface area is 144 Å². The number of carboxylic acid groups (broad SMARTS) is 1. The third-order valence-electron chi connectivity index (χ3n) is 2.83. The van der Waals surface area contributed by atoms with Crippen LogP contribution >= 0.6 is 0 Å². The second-order valence-electron chi connectivity index (χ2n) is 4.89. The summed E-state index contributed by atoms with van der Waals surface area (Å²) in [5, 5.41) is 14.8. The fourth-order valence-electron chi connectivity index (χ4n) is 1.77. The van der Waals surface area contributed by atoms with Gasteiger partial charge in [0.1, 0.15) is 16.5 Å². The molecule has 0 heterocycles. The van der Waals surface area contributed by atoms with E-state index in [1.807, 2.05) is 0 Å². The topological polar surface area (TPSA) is 133 Å². The third kappa shape index (κ3) is 6.69. The van der Waals surface area contributed by atoms with Crippen LogP contribution in [0.4, 0.5) is 4.39 Å². The van der Waals surface area contributed by atoms with Crippen molar-refractivity contribution in [3.8, 4) is 0 Å². The molecule has 0 unspecified atom stereocenters. The lowest BCUT2D eigenvalue weighted by molar-refractivity contribution is -0.134. The minimum absolute atomic E-state index is 0.0161. The van der Waals surface area contributed by atoms with Gasteiger partial charge >= 0.3 is 0 Å². The van der Waals surface area contributed by atoms with Gasteiger partial charge in [-0.15, -0.1) is 0 Å². The minimum Gasteiger partial charge on any atom is -0.481 e. The molecule has 0 spiro atoms. The average molecular weight is 367 g/mol. The smallest absolute Gasteiger partial charge is 0.300 e. The van der Waals surface area contributed by atoms with Crippen molar-refractivity contribution in [1.29, 1.82) is 5.41 Å². The second kappa shape index (κ2) is 8.90. The average Bonchev–Trinajstić information content (AvgIpc) is 2.53. The van der Waals surface area contributed by atoms with Crippen LogP contribution in [0.25, 0.3) is 0 Å². The number of nitrogens with one attached hydrogen (secondary N) is 2. The van der Waals surface area contributed by atoms with Gasteiger partial charge in [0.15, 0.2) is 0 Å². The Balaban J connectivity index is 0.000000705. The van der Waals surface area contributed by atoms with E-state index in [4.69, 9.17) is 21.0 Å². The molecule has 0 aromatic heterocycles. The molecular formula is C16H18FN3O4S. The summed E-state index contributed by atoms with van der Waals surface area (Å²) in [6, 6.07) is 11.8. The van der Waals surface area contributed by atoms with Crippen molar-refractivity contribution in [2.24, 2.45) is 5.73 Å². The number of hydrogen-bond donors (Lipinski definition) is 4. The largest absolute Gasteiger partial charge is 0.481 e. The summed E-state index contributed by atoms with van der Waals surface area (Å²) in [7, 11) is -3.93. The van der Waals surface area contributed by atoms with Crippen LogP contribution in [0.2, 0.25) is 0 Å². The molecule has 5 N–H and O–H groups in total. The predicted octanol–water partition coefficient (Wildman–Crippen LogP) is 1.68. The fraction of sp³-hybridized carbons (Fsp3) is 0.125. The van der Waals surface area contributed by atoms with Crippen LogP contribution in [0.5, 0.6) is 0 Å². The first-order chi connectivity index (χ1) is 11.6. The normalized spacial score (nSPS) is 10.5. The van der Waals surface area contributed by atoms with Crippen LogP contribution in [-0.4, -0.2) is 25.3 Å². The number of amidine groups is 1.